The second kappa shape index (κ2) is 6.10. The highest BCUT2D eigenvalue weighted by Gasteiger charge is 2.16. The van der Waals surface area contributed by atoms with Gasteiger partial charge in [-0.25, -0.2) is 0 Å². The highest BCUT2D eigenvalue weighted by molar-refractivity contribution is 8.14. The summed E-state index contributed by atoms with van der Waals surface area (Å²) in [6.45, 7) is 4.41. The summed E-state index contributed by atoms with van der Waals surface area (Å²) in [7, 11) is 0. The Morgan fingerprint density at radius 3 is 2.88 bits per heavy atom. The van der Waals surface area contributed by atoms with Crippen LogP contribution in [0.2, 0.25) is 0 Å². The molecule has 0 spiro atoms. The summed E-state index contributed by atoms with van der Waals surface area (Å²) in [5, 5.41) is 4.56. The van der Waals surface area contributed by atoms with Gasteiger partial charge in [-0.1, -0.05) is 50.2 Å². The van der Waals surface area contributed by atoms with Crippen LogP contribution >= 0.6 is 11.8 Å². The van der Waals surface area contributed by atoms with Crippen molar-refractivity contribution in [3.8, 4) is 0 Å². The van der Waals surface area contributed by atoms with E-state index in [2.05, 4.69) is 48.4 Å². The third-order valence-electron chi connectivity index (χ3n) is 2.96. The average molecular weight is 248 g/mol. The Morgan fingerprint density at radius 1 is 1.35 bits per heavy atom. The number of thioether (sulfide) groups is 1. The van der Waals surface area contributed by atoms with Crippen molar-refractivity contribution in [2.45, 2.75) is 39.2 Å². The van der Waals surface area contributed by atoms with Crippen LogP contribution < -0.4 is 5.32 Å². The zero-order valence-corrected chi connectivity index (χ0v) is 11.4. The predicted octanol–water partition coefficient (Wildman–Crippen LogP) is 3.93. The Morgan fingerprint density at radius 2 is 2.18 bits per heavy atom. The third kappa shape index (κ3) is 3.25. The maximum absolute atomic E-state index is 4.67. The molecule has 0 aromatic heterocycles. The van der Waals surface area contributed by atoms with Crippen LogP contribution in [0.3, 0.4) is 0 Å². The average Bonchev–Trinajstić information content (AvgIpc) is 2.80. The number of aryl methyl sites for hydroxylation is 1. The van der Waals surface area contributed by atoms with Crippen LogP contribution in [0.4, 0.5) is 5.69 Å². The summed E-state index contributed by atoms with van der Waals surface area (Å²) in [5.41, 5.74) is 2.61. The van der Waals surface area contributed by atoms with E-state index < -0.39 is 0 Å². The van der Waals surface area contributed by atoms with Crippen LogP contribution in [0.25, 0.3) is 0 Å². The quantitative estimate of drug-likeness (QED) is 0.873. The van der Waals surface area contributed by atoms with Gasteiger partial charge in [-0.3, -0.25) is 4.99 Å². The zero-order valence-electron chi connectivity index (χ0n) is 10.6. The molecule has 0 fully saturated rings. The number of anilines is 1. The minimum Gasteiger partial charge on any atom is -0.335 e. The van der Waals surface area contributed by atoms with Gasteiger partial charge in [0.05, 0.1) is 6.04 Å². The van der Waals surface area contributed by atoms with Crippen LogP contribution in [0.1, 0.15) is 32.3 Å². The molecule has 3 heteroatoms. The Balaban J connectivity index is 2.08. The van der Waals surface area contributed by atoms with Gasteiger partial charge in [0.2, 0.25) is 0 Å². The Bertz CT molecular complexity index is 401. The van der Waals surface area contributed by atoms with Gasteiger partial charge in [-0.15, -0.1) is 0 Å². The molecule has 0 saturated heterocycles. The summed E-state index contributed by atoms with van der Waals surface area (Å²) in [4.78, 5) is 4.67. The van der Waals surface area contributed by atoms with Gasteiger partial charge in [-0.05, 0) is 24.5 Å². The maximum Gasteiger partial charge on any atom is 0.161 e. The molecular formula is C14H20N2S. The lowest BCUT2D eigenvalue weighted by atomic mass is 10.1. The molecule has 17 heavy (non-hydrogen) atoms. The molecule has 1 unspecified atom stereocenters. The van der Waals surface area contributed by atoms with E-state index in [1.807, 2.05) is 11.8 Å². The van der Waals surface area contributed by atoms with E-state index in [0.717, 1.165) is 23.8 Å². The van der Waals surface area contributed by atoms with E-state index >= 15 is 0 Å². The van der Waals surface area contributed by atoms with E-state index in [4.69, 9.17) is 0 Å². The Kier molecular flexibility index (Phi) is 4.49. The summed E-state index contributed by atoms with van der Waals surface area (Å²) in [6.07, 6.45) is 3.43. The molecule has 1 heterocycles. The van der Waals surface area contributed by atoms with Crippen LogP contribution in [0.15, 0.2) is 29.3 Å². The molecule has 1 aromatic carbocycles. The number of para-hydroxylation sites is 1. The molecule has 0 saturated carbocycles. The first kappa shape index (κ1) is 12.5. The van der Waals surface area contributed by atoms with Gasteiger partial charge in [0.25, 0.3) is 0 Å². The van der Waals surface area contributed by atoms with Crippen LogP contribution in [-0.4, -0.2) is 17.0 Å². The second-order valence-corrected chi connectivity index (χ2v) is 5.35. The Hall–Kier alpha value is -0.960. The van der Waals surface area contributed by atoms with Gasteiger partial charge in [0.15, 0.2) is 5.17 Å². The fraction of sp³-hybridized carbons (Fsp3) is 0.500. The number of aliphatic imine (C=N–C) groups is 1. The number of nitrogens with zero attached hydrogens (tertiary/aromatic N) is 1. The van der Waals surface area contributed by atoms with Crippen LogP contribution in [0, 0.1) is 0 Å². The number of benzene rings is 1. The van der Waals surface area contributed by atoms with Crippen molar-refractivity contribution in [1.82, 2.24) is 0 Å². The van der Waals surface area contributed by atoms with Crippen molar-refractivity contribution >= 4 is 22.6 Å². The van der Waals surface area contributed by atoms with Gasteiger partial charge in [-0.2, -0.15) is 0 Å². The summed E-state index contributed by atoms with van der Waals surface area (Å²) in [5.74, 6) is 1.12. The van der Waals surface area contributed by atoms with Crippen molar-refractivity contribution in [3.63, 3.8) is 0 Å². The molecule has 1 atom stereocenters. The number of rotatable bonds is 4. The van der Waals surface area contributed by atoms with E-state index in [9.17, 15) is 0 Å². The molecule has 1 aliphatic heterocycles. The molecule has 0 aliphatic carbocycles. The smallest absolute Gasteiger partial charge is 0.161 e. The fourth-order valence-corrected chi connectivity index (χ4v) is 3.00. The normalized spacial score (nSPS) is 19.2. The largest absolute Gasteiger partial charge is 0.335 e. The molecule has 2 nitrogen and oxygen atoms in total. The van der Waals surface area contributed by atoms with Gasteiger partial charge in [0, 0.05) is 11.4 Å². The van der Waals surface area contributed by atoms with E-state index in [-0.39, 0.29) is 0 Å². The zero-order chi connectivity index (χ0) is 12.1. The second-order valence-electron chi connectivity index (χ2n) is 4.34. The van der Waals surface area contributed by atoms with E-state index in [0.29, 0.717) is 6.04 Å². The van der Waals surface area contributed by atoms with Crippen LogP contribution in [0.5, 0.6) is 0 Å². The maximum atomic E-state index is 4.67. The number of amidine groups is 1. The topological polar surface area (TPSA) is 24.4 Å². The SMILES string of the molecule is CCCc1ccccc1NC1=NC(CC)CS1. The highest BCUT2D eigenvalue weighted by Crippen LogP contribution is 2.24. The summed E-state index contributed by atoms with van der Waals surface area (Å²) >= 11 is 1.84. The van der Waals surface area contributed by atoms with Crippen molar-refractivity contribution < 1.29 is 0 Å². The molecular weight excluding hydrogens is 228 g/mol. The fourth-order valence-electron chi connectivity index (χ4n) is 1.94. The van der Waals surface area contributed by atoms with Gasteiger partial charge in [0.1, 0.15) is 0 Å². The van der Waals surface area contributed by atoms with E-state index in [1.165, 1.54) is 17.7 Å². The van der Waals surface area contributed by atoms with Crippen LogP contribution in [-0.2, 0) is 6.42 Å². The number of hydrogen-bond acceptors (Lipinski definition) is 3. The molecule has 2 rings (SSSR count). The predicted molar refractivity (Wildman–Crippen MR) is 78.0 cm³/mol. The van der Waals surface area contributed by atoms with Gasteiger partial charge < -0.3 is 5.32 Å². The van der Waals surface area contributed by atoms with E-state index in [1.54, 1.807) is 0 Å². The number of hydrogen-bond donors (Lipinski definition) is 1. The van der Waals surface area contributed by atoms with Gasteiger partial charge >= 0.3 is 0 Å². The van der Waals surface area contributed by atoms with Crippen molar-refractivity contribution in [3.05, 3.63) is 29.8 Å². The lowest BCUT2D eigenvalue weighted by Gasteiger charge is -2.10. The standard InChI is InChI=1S/C14H20N2S/c1-3-7-11-8-5-6-9-13(11)16-14-15-12(4-2)10-17-14/h5-6,8-9,12H,3-4,7,10H2,1-2H3,(H,15,16). The minimum absolute atomic E-state index is 0.501. The van der Waals surface area contributed by atoms with Crippen molar-refractivity contribution in [1.29, 1.82) is 0 Å². The molecule has 0 radical (unpaired) electrons. The number of nitrogens with one attached hydrogen (secondary N) is 1. The highest BCUT2D eigenvalue weighted by atomic mass is 32.2. The lowest BCUT2D eigenvalue weighted by Crippen LogP contribution is -2.07. The first-order valence-electron chi connectivity index (χ1n) is 6.39. The first-order chi connectivity index (χ1) is 8.33. The lowest BCUT2D eigenvalue weighted by molar-refractivity contribution is 0.738. The third-order valence-corrected chi connectivity index (χ3v) is 3.99. The molecule has 1 N–H and O–H groups in total. The molecule has 0 amide bonds. The molecule has 1 aromatic rings. The summed E-state index contributed by atoms with van der Waals surface area (Å²) < 4.78 is 0. The van der Waals surface area contributed by atoms with Crippen molar-refractivity contribution in [2.75, 3.05) is 11.1 Å². The Labute approximate surface area is 108 Å². The minimum atomic E-state index is 0.501. The molecule has 92 valence electrons. The first-order valence-corrected chi connectivity index (χ1v) is 7.37. The van der Waals surface area contributed by atoms with Crippen molar-refractivity contribution in [2.24, 2.45) is 4.99 Å². The molecule has 0 bridgehead atoms. The molecule has 1 aliphatic rings. The summed E-state index contributed by atoms with van der Waals surface area (Å²) in [6, 6.07) is 9.03. The monoisotopic (exact) mass is 248 g/mol.